The van der Waals surface area contributed by atoms with Crippen LogP contribution in [0, 0.1) is 0 Å². The van der Waals surface area contributed by atoms with E-state index < -0.39 is 0 Å². The minimum atomic E-state index is -0.154. The first-order valence-electron chi connectivity index (χ1n) is 11.4. The number of fused-ring (bicyclic) bond motifs is 2. The van der Waals surface area contributed by atoms with Gasteiger partial charge in [0.1, 0.15) is 17.5 Å². The Labute approximate surface area is 180 Å². The Hall–Kier alpha value is -3.03. The average Bonchev–Trinajstić information content (AvgIpc) is 3.06. The predicted molar refractivity (Wildman–Crippen MR) is 117 cm³/mol. The van der Waals surface area contributed by atoms with Gasteiger partial charge in [0.2, 0.25) is 5.91 Å². The Balaban J connectivity index is 1.25. The molecular formula is C23H28N6O2. The number of aromatic amines is 1. The third kappa shape index (κ3) is 4.11. The van der Waals surface area contributed by atoms with Crippen LogP contribution in [0.25, 0.3) is 10.9 Å². The molecule has 31 heavy (non-hydrogen) atoms. The van der Waals surface area contributed by atoms with Crippen LogP contribution in [0.5, 0.6) is 0 Å². The second-order valence-electron chi connectivity index (χ2n) is 8.65. The standard InChI is InChI=1S/C23H28N6O2/c30-21(12-11-19-24-18-9-4-3-8-17(18)23(31)25-19)28-13-6-7-16(15-28)22-27-26-20-10-2-1-5-14-29(20)22/h3-4,8-9,16H,1-2,5-7,10-15H2,(H,24,25,31). The number of rotatable bonds is 4. The van der Waals surface area contributed by atoms with E-state index in [0.29, 0.717) is 36.1 Å². The zero-order valence-electron chi connectivity index (χ0n) is 17.7. The van der Waals surface area contributed by atoms with Crippen molar-refractivity contribution in [2.24, 2.45) is 0 Å². The number of amides is 1. The topological polar surface area (TPSA) is 96.8 Å². The number of nitrogens with one attached hydrogen (secondary N) is 1. The van der Waals surface area contributed by atoms with Crippen molar-refractivity contribution in [1.29, 1.82) is 0 Å². The SMILES string of the molecule is O=C(CCc1nc2ccccc2c(=O)[nH]1)N1CCCC(c2nnc3n2CCCCC3)C1. The van der Waals surface area contributed by atoms with Crippen LogP contribution in [0.1, 0.15) is 61.9 Å². The number of carbonyl (C=O) groups is 1. The summed E-state index contributed by atoms with van der Waals surface area (Å²) in [7, 11) is 0. The molecule has 5 rings (SSSR count). The zero-order chi connectivity index (χ0) is 21.2. The van der Waals surface area contributed by atoms with E-state index in [0.717, 1.165) is 44.0 Å². The molecule has 2 aromatic heterocycles. The molecule has 3 aromatic rings. The highest BCUT2D eigenvalue weighted by atomic mass is 16.2. The molecule has 162 valence electrons. The van der Waals surface area contributed by atoms with E-state index in [1.807, 2.05) is 23.1 Å². The molecule has 1 amide bonds. The maximum absolute atomic E-state index is 12.9. The second kappa shape index (κ2) is 8.61. The lowest BCUT2D eigenvalue weighted by molar-refractivity contribution is -0.132. The molecule has 2 aliphatic heterocycles. The third-order valence-corrected chi connectivity index (χ3v) is 6.51. The molecule has 8 nitrogen and oxygen atoms in total. The van der Waals surface area contributed by atoms with Crippen LogP contribution < -0.4 is 5.56 Å². The van der Waals surface area contributed by atoms with Crippen molar-refractivity contribution in [2.45, 2.75) is 63.8 Å². The number of benzene rings is 1. The van der Waals surface area contributed by atoms with Crippen LogP contribution in [0.4, 0.5) is 0 Å². The summed E-state index contributed by atoms with van der Waals surface area (Å²) in [5, 5.41) is 9.53. The lowest BCUT2D eigenvalue weighted by Gasteiger charge is -2.32. The molecule has 8 heteroatoms. The number of carbonyl (C=O) groups excluding carboxylic acids is 1. The smallest absolute Gasteiger partial charge is 0.258 e. The van der Waals surface area contributed by atoms with E-state index in [2.05, 4.69) is 24.7 Å². The quantitative estimate of drug-likeness (QED) is 0.700. The molecule has 1 N–H and O–H groups in total. The number of piperidine rings is 1. The van der Waals surface area contributed by atoms with Crippen molar-refractivity contribution in [3.05, 3.63) is 52.1 Å². The van der Waals surface area contributed by atoms with Gasteiger partial charge in [-0.25, -0.2) is 4.98 Å². The van der Waals surface area contributed by atoms with Gasteiger partial charge in [0, 0.05) is 44.8 Å². The van der Waals surface area contributed by atoms with Gasteiger partial charge in [-0.15, -0.1) is 10.2 Å². The van der Waals surface area contributed by atoms with Crippen molar-refractivity contribution in [3.63, 3.8) is 0 Å². The lowest BCUT2D eigenvalue weighted by atomic mass is 9.96. The van der Waals surface area contributed by atoms with E-state index >= 15 is 0 Å². The van der Waals surface area contributed by atoms with Crippen molar-refractivity contribution in [3.8, 4) is 0 Å². The molecule has 1 fully saturated rings. The van der Waals surface area contributed by atoms with E-state index in [4.69, 9.17) is 0 Å². The summed E-state index contributed by atoms with van der Waals surface area (Å²) in [5.41, 5.74) is 0.512. The lowest BCUT2D eigenvalue weighted by Crippen LogP contribution is -2.40. The molecule has 1 atom stereocenters. The van der Waals surface area contributed by atoms with Crippen molar-refractivity contribution < 1.29 is 4.79 Å². The maximum atomic E-state index is 12.9. The van der Waals surface area contributed by atoms with Crippen LogP contribution in [0.3, 0.4) is 0 Å². The minimum Gasteiger partial charge on any atom is -0.342 e. The second-order valence-corrected chi connectivity index (χ2v) is 8.65. The van der Waals surface area contributed by atoms with Gasteiger partial charge < -0.3 is 14.5 Å². The van der Waals surface area contributed by atoms with Gasteiger partial charge in [-0.05, 0) is 37.8 Å². The first-order valence-corrected chi connectivity index (χ1v) is 11.4. The first kappa shape index (κ1) is 19.9. The van der Waals surface area contributed by atoms with E-state index in [1.54, 1.807) is 6.07 Å². The molecule has 0 saturated carbocycles. The molecular weight excluding hydrogens is 392 g/mol. The maximum Gasteiger partial charge on any atom is 0.258 e. The fourth-order valence-corrected chi connectivity index (χ4v) is 4.86. The highest BCUT2D eigenvalue weighted by Crippen LogP contribution is 2.28. The van der Waals surface area contributed by atoms with Gasteiger partial charge in [-0.3, -0.25) is 9.59 Å². The Bertz CT molecular complexity index is 1150. The normalized spacial score (nSPS) is 19.2. The summed E-state index contributed by atoms with van der Waals surface area (Å²) in [5.74, 6) is 3.07. The summed E-state index contributed by atoms with van der Waals surface area (Å²) in [6.45, 7) is 2.46. The van der Waals surface area contributed by atoms with Crippen molar-refractivity contribution >= 4 is 16.8 Å². The number of likely N-dealkylation sites (tertiary alicyclic amines) is 1. The van der Waals surface area contributed by atoms with Crippen LogP contribution in [-0.4, -0.2) is 48.6 Å². The minimum absolute atomic E-state index is 0.108. The highest BCUT2D eigenvalue weighted by Gasteiger charge is 2.29. The number of para-hydroxylation sites is 1. The molecule has 4 heterocycles. The van der Waals surface area contributed by atoms with Crippen LogP contribution in [0.15, 0.2) is 29.1 Å². The van der Waals surface area contributed by atoms with Gasteiger partial charge in [0.15, 0.2) is 0 Å². The summed E-state index contributed by atoms with van der Waals surface area (Å²) >= 11 is 0. The van der Waals surface area contributed by atoms with Crippen LogP contribution in [0.2, 0.25) is 0 Å². The van der Waals surface area contributed by atoms with Crippen molar-refractivity contribution in [2.75, 3.05) is 13.1 Å². The summed E-state index contributed by atoms with van der Waals surface area (Å²) in [6, 6.07) is 7.27. The predicted octanol–water partition coefficient (Wildman–Crippen LogP) is 2.58. The zero-order valence-corrected chi connectivity index (χ0v) is 17.7. The molecule has 1 unspecified atom stereocenters. The number of nitrogens with zero attached hydrogens (tertiary/aromatic N) is 5. The van der Waals surface area contributed by atoms with Crippen LogP contribution >= 0.6 is 0 Å². The first-order chi connectivity index (χ1) is 15.2. The van der Waals surface area contributed by atoms with E-state index in [1.165, 1.54) is 19.3 Å². The molecule has 0 spiro atoms. The van der Waals surface area contributed by atoms with Gasteiger partial charge in [-0.1, -0.05) is 18.6 Å². The van der Waals surface area contributed by atoms with Crippen molar-refractivity contribution in [1.82, 2.24) is 29.6 Å². The molecule has 0 radical (unpaired) electrons. The Morgan fingerprint density at radius 3 is 2.94 bits per heavy atom. The van der Waals surface area contributed by atoms with Gasteiger partial charge in [0.25, 0.3) is 5.56 Å². The number of aromatic nitrogens is 5. The number of hydrogen-bond donors (Lipinski definition) is 1. The summed E-state index contributed by atoms with van der Waals surface area (Å²) < 4.78 is 2.30. The monoisotopic (exact) mass is 420 g/mol. The molecule has 0 aliphatic carbocycles. The van der Waals surface area contributed by atoms with E-state index in [9.17, 15) is 9.59 Å². The van der Waals surface area contributed by atoms with Gasteiger partial charge in [0.05, 0.1) is 10.9 Å². The Morgan fingerprint density at radius 2 is 2.00 bits per heavy atom. The van der Waals surface area contributed by atoms with E-state index in [-0.39, 0.29) is 17.4 Å². The van der Waals surface area contributed by atoms with Gasteiger partial charge in [-0.2, -0.15) is 0 Å². The molecule has 1 aromatic carbocycles. The van der Waals surface area contributed by atoms with Crippen LogP contribution in [-0.2, 0) is 24.2 Å². The summed E-state index contributed by atoms with van der Waals surface area (Å²) in [4.78, 5) is 34.5. The largest absolute Gasteiger partial charge is 0.342 e. The molecule has 0 bridgehead atoms. The Kier molecular flexibility index (Phi) is 5.53. The number of H-pyrrole nitrogens is 1. The van der Waals surface area contributed by atoms with Gasteiger partial charge >= 0.3 is 0 Å². The summed E-state index contributed by atoms with van der Waals surface area (Å²) in [6.07, 6.45) is 7.38. The fourth-order valence-electron chi connectivity index (χ4n) is 4.86. The number of hydrogen-bond acceptors (Lipinski definition) is 5. The molecule has 2 aliphatic rings. The fraction of sp³-hybridized carbons (Fsp3) is 0.522. The molecule has 1 saturated heterocycles. The average molecular weight is 421 g/mol. The third-order valence-electron chi connectivity index (χ3n) is 6.51. The highest BCUT2D eigenvalue weighted by molar-refractivity contribution is 5.78. The Morgan fingerprint density at radius 1 is 1.10 bits per heavy atom. The number of aryl methyl sites for hydroxylation is 2.